The van der Waals surface area contributed by atoms with Crippen LogP contribution in [0.3, 0.4) is 0 Å². The zero-order chi connectivity index (χ0) is 13.7. The smallest absolute Gasteiger partial charge is 0.319 e. The highest BCUT2D eigenvalue weighted by molar-refractivity contribution is 7.85. The molecule has 0 aliphatic heterocycles. The summed E-state index contributed by atoms with van der Waals surface area (Å²) in [5.41, 5.74) is 0.487. The molecule has 1 aromatic carbocycles. The summed E-state index contributed by atoms with van der Waals surface area (Å²) in [4.78, 5) is 10.9. The fraction of sp³-hybridized carbons (Fsp3) is 0.333. The molecule has 1 N–H and O–H groups in total. The van der Waals surface area contributed by atoms with Crippen molar-refractivity contribution in [1.29, 1.82) is 5.26 Å². The lowest BCUT2D eigenvalue weighted by Gasteiger charge is -2.10. The summed E-state index contributed by atoms with van der Waals surface area (Å²) in [6.07, 6.45) is 0.221. The van der Waals surface area contributed by atoms with E-state index in [0.717, 1.165) is 12.1 Å². The van der Waals surface area contributed by atoms with E-state index in [2.05, 4.69) is 0 Å². The Hall–Kier alpha value is -1.74. The molecule has 0 saturated carbocycles. The number of aliphatic carboxylic acids is 1. The lowest BCUT2D eigenvalue weighted by atomic mass is 10.1. The first-order valence-electron chi connectivity index (χ1n) is 5.28. The monoisotopic (exact) mass is 269 g/mol. The minimum absolute atomic E-state index is 0.133. The van der Waals surface area contributed by atoms with Crippen LogP contribution in [0.15, 0.2) is 18.2 Å². The van der Waals surface area contributed by atoms with Gasteiger partial charge in [-0.25, -0.2) is 4.39 Å². The average molecular weight is 269 g/mol. The Bertz CT molecular complexity index is 525. The summed E-state index contributed by atoms with van der Waals surface area (Å²) in [6.45, 7) is 1.62. The minimum Gasteiger partial charge on any atom is -0.480 e. The normalized spacial score (nSPS) is 13.6. The number of halogens is 1. The molecule has 0 spiro atoms. The second kappa shape index (κ2) is 6.26. The summed E-state index contributed by atoms with van der Waals surface area (Å²) >= 11 is 0. The van der Waals surface area contributed by atoms with Gasteiger partial charge in [-0.3, -0.25) is 9.00 Å². The highest BCUT2D eigenvalue weighted by Gasteiger charge is 2.23. The summed E-state index contributed by atoms with van der Waals surface area (Å²) < 4.78 is 24.9. The number of rotatable bonds is 5. The van der Waals surface area contributed by atoms with E-state index in [4.69, 9.17) is 10.4 Å². The van der Waals surface area contributed by atoms with E-state index in [1.165, 1.54) is 6.07 Å². The highest BCUT2D eigenvalue weighted by Crippen LogP contribution is 2.15. The van der Waals surface area contributed by atoms with Gasteiger partial charge in [-0.2, -0.15) is 5.26 Å². The van der Waals surface area contributed by atoms with E-state index in [1.54, 1.807) is 6.92 Å². The SMILES string of the molecule is CCC(C(=O)O)S(=O)Cc1cc(F)ccc1C#N. The maximum absolute atomic E-state index is 13.1. The molecule has 6 heteroatoms. The molecule has 0 bridgehead atoms. The van der Waals surface area contributed by atoms with Crippen LogP contribution in [0.1, 0.15) is 24.5 Å². The number of nitriles is 1. The van der Waals surface area contributed by atoms with Crippen LogP contribution in [0.2, 0.25) is 0 Å². The number of carboxylic acids is 1. The molecule has 2 atom stereocenters. The molecule has 96 valence electrons. The van der Waals surface area contributed by atoms with Gasteiger partial charge in [0, 0.05) is 10.8 Å². The van der Waals surface area contributed by atoms with E-state index in [1.807, 2.05) is 6.07 Å². The molecule has 1 aromatic rings. The Kier molecular flexibility index (Phi) is 4.98. The van der Waals surface area contributed by atoms with Crippen LogP contribution in [0.4, 0.5) is 4.39 Å². The van der Waals surface area contributed by atoms with Crippen molar-refractivity contribution < 1.29 is 18.5 Å². The Morgan fingerprint density at radius 1 is 1.61 bits per heavy atom. The summed E-state index contributed by atoms with van der Waals surface area (Å²) in [7, 11) is -1.68. The van der Waals surface area contributed by atoms with Crippen molar-refractivity contribution in [2.45, 2.75) is 24.3 Å². The number of carboxylic acid groups (broad SMARTS) is 1. The number of hydrogen-bond donors (Lipinski definition) is 1. The standard InChI is InChI=1S/C12H12FNO3S/c1-2-11(12(15)16)18(17)7-9-5-10(13)4-3-8(9)6-14/h3-5,11H,2,7H2,1H3,(H,15,16). The molecule has 0 amide bonds. The topological polar surface area (TPSA) is 78.2 Å². The maximum Gasteiger partial charge on any atom is 0.319 e. The zero-order valence-electron chi connectivity index (χ0n) is 9.72. The number of nitrogens with zero attached hydrogens (tertiary/aromatic N) is 1. The van der Waals surface area contributed by atoms with Gasteiger partial charge in [-0.15, -0.1) is 0 Å². The van der Waals surface area contributed by atoms with Gasteiger partial charge in [-0.05, 0) is 30.2 Å². The van der Waals surface area contributed by atoms with Crippen molar-refractivity contribution in [2.75, 3.05) is 0 Å². The van der Waals surface area contributed by atoms with Gasteiger partial charge >= 0.3 is 5.97 Å². The summed E-state index contributed by atoms with van der Waals surface area (Å²) in [5.74, 6) is -1.82. The molecule has 0 aliphatic carbocycles. The number of hydrogen-bond acceptors (Lipinski definition) is 3. The lowest BCUT2D eigenvalue weighted by molar-refractivity contribution is -0.136. The van der Waals surface area contributed by atoms with Crippen molar-refractivity contribution in [3.05, 3.63) is 35.1 Å². The van der Waals surface area contributed by atoms with Gasteiger partial charge in [0.2, 0.25) is 0 Å². The molecule has 0 aromatic heterocycles. The van der Waals surface area contributed by atoms with E-state index in [0.29, 0.717) is 0 Å². The second-order valence-corrected chi connectivity index (χ2v) is 5.29. The van der Waals surface area contributed by atoms with Crippen molar-refractivity contribution in [3.63, 3.8) is 0 Å². The van der Waals surface area contributed by atoms with Crippen molar-refractivity contribution >= 4 is 16.8 Å². The first kappa shape index (κ1) is 14.3. The van der Waals surface area contributed by atoms with Crippen LogP contribution in [0.5, 0.6) is 0 Å². The fourth-order valence-electron chi connectivity index (χ4n) is 1.52. The predicted molar refractivity (Wildman–Crippen MR) is 64.7 cm³/mol. The number of benzene rings is 1. The van der Waals surface area contributed by atoms with E-state index < -0.39 is 27.8 Å². The first-order valence-corrected chi connectivity index (χ1v) is 6.66. The molecule has 0 aliphatic rings. The average Bonchev–Trinajstić information content (AvgIpc) is 2.29. The molecule has 18 heavy (non-hydrogen) atoms. The quantitative estimate of drug-likeness (QED) is 0.884. The molecule has 0 heterocycles. The van der Waals surface area contributed by atoms with Crippen LogP contribution in [-0.2, 0) is 21.3 Å². The molecule has 4 nitrogen and oxygen atoms in total. The molecule has 2 unspecified atom stereocenters. The Morgan fingerprint density at radius 2 is 2.28 bits per heavy atom. The van der Waals surface area contributed by atoms with E-state index >= 15 is 0 Å². The van der Waals surface area contributed by atoms with E-state index in [-0.39, 0.29) is 23.3 Å². The third-order valence-electron chi connectivity index (χ3n) is 2.45. The zero-order valence-corrected chi connectivity index (χ0v) is 10.5. The first-order chi connectivity index (χ1) is 8.49. The second-order valence-electron chi connectivity index (χ2n) is 3.67. The molecule has 0 fully saturated rings. The van der Waals surface area contributed by atoms with Gasteiger partial charge < -0.3 is 5.11 Å². The van der Waals surface area contributed by atoms with Crippen molar-refractivity contribution in [1.82, 2.24) is 0 Å². The molecule has 0 saturated heterocycles. The summed E-state index contributed by atoms with van der Waals surface area (Å²) in [6, 6.07) is 5.42. The van der Waals surface area contributed by atoms with Crippen LogP contribution >= 0.6 is 0 Å². The van der Waals surface area contributed by atoms with Gasteiger partial charge in [0.15, 0.2) is 0 Å². The molecular weight excluding hydrogens is 257 g/mol. The Balaban J connectivity index is 2.97. The van der Waals surface area contributed by atoms with Crippen LogP contribution in [-0.4, -0.2) is 20.5 Å². The Labute approximate surface area is 107 Å². The molecule has 1 rings (SSSR count). The van der Waals surface area contributed by atoms with E-state index in [9.17, 15) is 13.4 Å². The summed E-state index contributed by atoms with van der Waals surface area (Å²) in [5, 5.41) is 16.7. The third-order valence-corrected chi connectivity index (χ3v) is 4.21. The van der Waals surface area contributed by atoms with Crippen molar-refractivity contribution in [2.24, 2.45) is 0 Å². The minimum atomic E-state index is -1.68. The fourth-order valence-corrected chi connectivity index (χ4v) is 2.86. The largest absolute Gasteiger partial charge is 0.480 e. The van der Waals surface area contributed by atoms with Crippen LogP contribution in [0, 0.1) is 17.1 Å². The highest BCUT2D eigenvalue weighted by atomic mass is 32.2. The van der Waals surface area contributed by atoms with Crippen LogP contribution < -0.4 is 0 Å². The van der Waals surface area contributed by atoms with Crippen molar-refractivity contribution in [3.8, 4) is 6.07 Å². The third kappa shape index (κ3) is 3.37. The Morgan fingerprint density at radius 3 is 2.78 bits per heavy atom. The van der Waals surface area contributed by atoms with Gasteiger partial charge in [0.25, 0.3) is 0 Å². The predicted octanol–water partition coefficient (Wildman–Crippen LogP) is 1.81. The van der Waals surface area contributed by atoms with Gasteiger partial charge in [0.1, 0.15) is 11.1 Å². The lowest BCUT2D eigenvalue weighted by Crippen LogP contribution is -2.25. The number of carbonyl (C=O) groups is 1. The molecule has 0 radical (unpaired) electrons. The van der Waals surface area contributed by atoms with Crippen LogP contribution in [0.25, 0.3) is 0 Å². The van der Waals surface area contributed by atoms with Gasteiger partial charge in [-0.1, -0.05) is 6.92 Å². The maximum atomic E-state index is 13.1. The molecular formula is C12H12FNO3S. The van der Waals surface area contributed by atoms with Gasteiger partial charge in [0.05, 0.1) is 17.4 Å².